The van der Waals surface area contributed by atoms with Gasteiger partial charge in [-0.3, -0.25) is 14.4 Å². The molecule has 5 aromatic rings. The minimum atomic E-state index is -0.988. The van der Waals surface area contributed by atoms with Crippen LogP contribution in [-0.4, -0.2) is 32.3 Å². The van der Waals surface area contributed by atoms with Gasteiger partial charge in [0.25, 0.3) is 11.1 Å². The number of pyridine rings is 2. The molecule has 2 N–H and O–H groups in total. The lowest BCUT2D eigenvalue weighted by Gasteiger charge is -2.21. The quantitative estimate of drug-likeness (QED) is 0.320. The van der Waals surface area contributed by atoms with E-state index in [9.17, 15) is 19.5 Å². The Balaban J connectivity index is 1.63. The predicted octanol–water partition coefficient (Wildman–Crippen LogP) is 4.13. The van der Waals surface area contributed by atoms with Crippen molar-refractivity contribution >= 4 is 27.8 Å². The van der Waals surface area contributed by atoms with Gasteiger partial charge in [-0.2, -0.15) is 0 Å². The van der Waals surface area contributed by atoms with Crippen LogP contribution in [-0.2, 0) is 29.5 Å². The number of aromatic nitrogens is 3. The minimum Gasteiger partial charge on any atom is -0.507 e. The molecule has 8 nitrogen and oxygen atoms in total. The Morgan fingerprint density at radius 3 is 2.58 bits per heavy atom. The van der Waals surface area contributed by atoms with Gasteiger partial charge in [0, 0.05) is 47.9 Å². The maximum atomic E-state index is 13.9. The van der Waals surface area contributed by atoms with Gasteiger partial charge in [0.1, 0.15) is 5.75 Å². The maximum Gasteiger partial charge on any atom is 0.306 e. The molecule has 0 saturated heterocycles. The van der Waals surface area contributed by atoms with Crippen LogP contribution in [0.1, 0.15) is 34.7 Å². The SMILES string of the molecule is COC(=O)C[C@H](c1c(O)cc(C)n(CCc2c[nH]c3ccccc23)c1=O)c1cc2ccccc2n(C)c1=O. The third-order valence-electron chi connectivity index (χ3n) is 7.29. The Morgan fingerprint density at radius 1 is 1.05 bits per heavy atom. The van der Waals surface area contributed by atoms with Crippen molar-refractivity contribution in [3.63, 3.8) is 0 Å². The number of nitrogens with one attached hydrogen (secondary N) is 1. The molecule has 0 saturated carbocycles. The molecule has 5 rings (SSSR count). The molecule has 0 aliphatic rings. The number of ether oxygens (including phenoxy) is 1. The molecule has 0 unspecified atom stereocenters. The summed E-state index contributed by atoms with van der Waals surface area (Å²) in [6.07, 6.45) is 2.25. The van der Waals surface area contributed by atoms with Gasteiger partial charge >= 0.3 is 5.97 Å². The van der Waals surface area contributed by atoms with Crippen molar-refractivity contribution in [3.8, 4) is 5.75 Å². The summed E-state index contributed by atoms with van der Waals surface area (Å²) in [4.78, 5) is 43.1. The second-order valence-electron chi connectivity index (χ2n) is 9.51. The number of aromatic amines is 1. The Hall–Kier alpha value is -4.59. The van der Waals surface area contributed by atoms with Gasteiger partial charge in [-0.15, -0.1) is 0 Å². The first-order valence-electron chi connectivity index (χ1n) is 12.4. The summed E-state index contributed by atoms with van der Waals surface area (Å²) < 4.78 is 8.00. The number of aryl methyl sites for hydroxylation is 3. The number of fused-ring (bicyclic) bond motifs is 2. The van der Waals surface area contributed by atoms with E-state index in [4.69, 9.17) is 4.74 Å². The van der Waals surface area contributed by atoms with E-state index in [1.54, 1.807) is 24.6 Å². The van der Waals surface area contributed by atoms with E-state index >= 15 is 0 Å². The molecule has 194 valence electrons. The second kappa shape index (κ2) is 10.0. The largest absolute Gasteiger partial charge is 0.507 e. The average molecular weight is 512 g/mol. The summed E-state index contributed by atoms with van der Waals surface area (Å²) in [5.41, 5.74) is 2.86. The summed E-state index contributed by atoms with van der Waals surface area (Å²) >= 11 is 0. The molecule has 0 aliphatic carbocycles. The van der Waals surface area contributed by atoms with Crippen molar-refractivity contribution in [2.45, 2.75) is 32.2 Å². The maximum absolute atomic E-state index is 13.9. The molecule has 3 aromatic heterocycles. The zero-order valence-corrected chi connectivity index (χ0v) is 21.5. The van der Waals surface area contributed by atoms with Crippen LogP contribution < -0.4 is 11.1 Å². The van der Waals surface area contributed by atoms with Crippen molar-refractivity contribution in [3.05, 3.63) is 110 Å². The summed E-state index contributed by atoms with van der Waals surface area (Å²) in [6, 6.07) is 18.6. The summed E-state index contributed by atoms with van der Waals surface area (Å²) in [6.45, 7) is 2.12. The highest BCUT2D eigenvalue weighted by atomic mass is 16.5. The Morgan fingerprint density at radius 2 is 1.79 bits per heavy atom. The zero-order chi connectivity index (χ0) is 27.0. The third-order valence-corrected chi connectivity index (χ3v) is 7.29. The average Bonchev–Trinajstić information content (AvgIpc) is 3.33. The van der Waals surface area contributed by atoms with Crippen LogP contribution in [0.4, 0.5) is 0 Å². The Labute approximate surface area is 218 Å². The lowest BCUT2D eigenvalue weighted by Crippen LogP contribution is -2.32. The van der Waals surface area contributed by atoms with Gasteiger partial charge < -0.3 is 24.0 Å². The van der Waals surface area contributed by atoms with E-state index in [1.165, 1.54) is 17.7 Å². The van der Waals surface area contributed by atoms with Crippen LogP contribution in [0.15, 0.2) is 76.4 Å². The molecule has 38 heavy (non-hydrogen) atoms. The smallest absolute Gasteiger partial charge is 0.306 e. The van der Waals surface area contributed by atoms with Gasteiger partial charge in [-0.25, -0.2) is 0 Å². The number of esters is 1. The number of benzene rings is 2. The molecule has 2 aromatic carbocycles. The van der Waals surface area contributed by atoms with Crippen molar-refractivity contribution in [1.29, 1.82) is 0 Å². The number of aromatic hydroxyl groups is 1. The van der Waals surface area contributed by atoms with Crippen LogP contribution >= 0.6 is 0 Å². The van der Waals surface area contributed by atoms with Gasteiger partial charge in [0.15, 0.2) is 0 Å². The first-order valence-corrected chi connectivity index (χ1v) is 12.4. The molecular weight excluding hydrogens is 482 g/mol. The van der Waals surface area contributed by atoms with Crippen LogP contribution in [0.2, 0.25) is 0 Å². The zero-order valence-electron chi connectivity index (χ0n) is 21.5. The lowest BCUT2D eigenvalue weighted by atomic mass is 9.88. The highest BCUT2D eigenvalue weighted by Crippen LogP contribution is 2.32. The van der Waals surface area contributed by atoms with Crippen molar-refractivity contribution in [2.24, 2.45) is 7.05 Å². The van der Waals surface area contributed by atoms with E-state index in [-0.39, 0.29) is 28.9 Å². The summed E-state index contributed by atoms with van der Waals surface area (Å²) in [7, 11) is 2.91. The minimum absolute atomic E-state index is 0.00677. The van der Waals surface area contributed by atoms with E-state index in [0.29, 0.717) is 18.7 Å². The molecule has 0 aliphatic heterocycles. The molecule has 0 bridgehead atoms. The molecule has 3 heterocycles. The molecule has 0 fully saturated rings. The van der Waals surface area contributed by atoms with Crippen LogP contribution in [0.5, 0.6) is 5.75 Å². The number of nitrogens with zero attached hydrogens (tertiary/aromatic N) is 2. The fourth-order valence-electron chi connectivity index (χ4n) is 5.26. The van der Waals surface area contributed by atoms with Gasteiger partial charge in [-0.1, -0.05) is 36.4 Å². The van der Waals surface area contributed by atoms with Crippen molar-refractivity contribution in [1.82, 2.24) is 14.1 Å². The molecule has 8 heteroatoms. The van der Waals surface area contributed by atoms with Gasteiger partial charge in [0.2, 0.25) is 0 Å². The topological polar surface area (TPSA) is 106 Å². The third kappa shape index (κ3) is 4.38. The number of carbonyl (C=O) groups excluding carboxylic acids is 1. The lowest BCUT2D eigenvalue weighted by molar-refractivity contribution is -0.140. The number of hydrogen-bond donors (Lipinski definition) is 2. The molecule has 0 radical (unpaired) electrons. The number of carbonyl (C=O) groups is 1. The van der Waals surface area contributed by atoms with E-state index in [2.05, 4.69) is 4.98 Å². The standard InChI is InChI=1S/C30H29N3O5/c1-18-14-26(34)28(30(37)33(18)13-12-20-17-31-24-10-6-5-9-21(20)24)22(16-27(35)38-3)23-15-19-8-4-7-11-25(19)32(2)29(23)36/h4-11,14-15,17,22,31,34H,12-13,16H2,1-3H3/t22-/m0/s1. The Kier molecular flexibility index (Phi) is 6.63. The number of hydrogen-bond acceptors (Lipinski definition) is 5. The molecule has 1 atom stereocenters. The number of H-pyrrole nitrogens is 1. The second-order valence-corrected chi connectivity index (χ2v) is 9.51. The first kappa shape index (κ1) is 25.1. The van der Waals surface area contributed by atoms with E-state index in [0.717, 1.165) is 27.4 Å². The van der Waals surface area contributed by atoms with Gasteiger partial charge in [0.05, 0.1) is 24.6 Å². The van der Waals surface area contributed by atoms with Crippen LogP contribution in [0.25, 0.3) is 21.8 Å². The highest BCUT2D eigenvalue weighted by molar-refractivity contribution is 5.83. The van der Waals surface area contributed by atoms with E-state index in [1.807, 2.05) is 54.7 Å². The monoisotopic (exact) mass is 511 g/mol. The number of rotatable bonds is 7. The highest BCUT2D eigenvalue weighted by Gasteiger charge is 2.29. The van der Waals surface area contributed by atoms with E-state index < -0.39 is 17.4 Å². The van der Waals surface area contributed by atoms with Gasteiger partial charge in [-0.05, 0) is 48.6 Å². The molecule has 0 amide bonds. The summed E-state index contributed by atoms with van der Waals surface area (Å²) in [5.74, 6) is -1.83. The normalized spacial score (nSPS) is 12.2. The van der Waals surface area contributed by atoms with Crippen LogP contribution in [0, 0.1) is 6.92 Å². The predicted molar refractivity (Wildman–Crippen MR) is 147 cm³/mol. The van der Waals surface area contributed by atoms with Crippen molar-refractivity contribution < 1.29 is 14.6 Å². The fraction of sp³-hybridized carbons (Fsp3) is 0.233. The molecule has 0 spiro atoms. The van der Waals surface area contributed by atoms with Crippen LogP contribution in [0.3, 0.4) is 0 Å². The molecular formula is C30H29N3O5. The number of para-hydroxylation sites is 2. The number of methoxy groups -OCH3 is 1. The first-order chi connectivity index (χ1) is 18.3. The summed E-state index contributed by atoms with van der Waals surface area (Å²) in [5, 5.41) is 12.9. The Bertz CT molecular complexity index is 1790. The van der Waals surface area contributed by atoms with Crippen molar-refractivity contribution in [2.75, 3.05) is 7.11 Å². The fourth-order valence-corrected chi connectivity index (χ4v) is 5.26.